The van der Waals surface area contributed by atoms with Gasteiger partial charge in [-0.15, -0.1) is 0 Å². The predicted octanol–water partition coefficient (Wildman–Crippen LogP) is 5.26. The number of anilines is 1. The average Bonchev–Trinajstić information content (AvgIpc) is 3.18. The number of nitrogens with one attached hydrogen (secondary N) is 1. The smallest absolute Gasteiger partial charge is 0.335 e. The molecule has 6 nitrogen and oxygen atoms in total. The first-order valence-electron chi connectivity index (χ1n) is 10.4. The van der Waals surface area contributed by atoms with Crippen molar-refractivity contribution in [1.82, 2.24) is 9.88 Å². The summed E-state index contributed by atoms with van der Waals surface area (Å²) in [5.74, 6) is -1.73. The first-order chi connectivity index (χ1) is 16.4. The van der Waals surface area contributed by atoms with Crippen molar-refractivity contribution < 1.29 is 18.8 Å². The molecule has 34 heavy (non-hydrogen) atoms. The molecule has 0 aliphatic carbocycles. The van der Waals surface area contributed by atoms with Crippen LogP contribution in [0.5, 0.6) is 0 Å². The number of carbonyl (C=O) groups excluding carboxylic acids is 3. The Morgan fingerprint density at radius 1 is 0.941 bits per heavy atom. The Morgan fingerprint density at radius 2 is 1.76 bits per heavy atom. The van der Waals surface area contributed by atoms with Gasteiger partial charge in [-0.3, -0.25) is 14.9 Å². The number of rotatable bonds is 4. The van der Waals surface area contributed by atoms with Gasteiger partial charge in [0.05, 0.1) is 5.69 Å². The lowest BCUT2D eigenvalue weighted by Gasteiger charge is -2.26. The molecule has 3 aromatic carbocycles. The molecule has 5 rings (SSSR count). The van der Waals surface area contributed by atoms with Gasteiger partial charge in [0.15, 0.2) is 0 Å². The highest BCUT2D eigenvalue weighted by Gasteiger charge is 2.36. The Bertz CT molecular complexity index is 1510. The van der Waals surface area contributed by atoms with E-state index in [1.807, 2.05) is 35.0 Å². The number of imide groups is 2. The van der Waals surface area contributed by atoms with Crippen molar-refractivity contribution in [2.24, 2.45) is 0 Å². The molecule has 4 aromatic rings. The van der Waals surface area contributed by atoms with Crippen LogP contribution in [-0.4, -0.2) is 22.4 Å². The number of carbonyl (C=O) groups is 3. The van der Waals surface area contributed by atoms with Gasteiger partial charge < -0.3 is 4.57 Å². The van der Waals surface area contributed by atoms with Gasteiger partial charge in [-0.05, 0) is 65.7 Å². The molecule has 2 heterocycles. The molecule has 0 spiro atoms. The lowest BCUT2D eigenvalue weighted by molar-refractivity contribution is -0.122. The third kappa shape index (κ3) is 4.15. The highest BCUT2D eigenvalue weighted by Crippen LogP contribution is 2.26. The molecule has 0 unspecified atom stereocenters. The Labute approximate surface area is 202 Å². The van der Waals surface area contributed by atoms with Crippen LogP contribution in [0.3, 0.4) is 0 Å². The van der Waals surface area contributed by atoms with E-state index in [0.29, 0.717) is 22.3 Å². The fraction of sp³-hybridized carbons (Fsp3) is 0.0385. The zero-order chi connectivity index (χ0) is 23.8. The fourth-order valence-electron chi connectivity index (χ4n) is 3.95. The maximum absolute atomic E-state index is 13.5. The topological polar surface area (TPSA) is 71.4 Å². The standard InChI is InChI=1S/C26H17BrFN3O3/c27-19-4-2-6-21(14-19)31-25(33)22(24(32)29-26(31)34)13-16-7-8-23-18(11-16)9-10-30(23)15-17-3-1-5-20(28)12-17/h1-14H,15H2,(H,29,32,34)/b22-13-. The van der Waals surface area contributed by atoms with Crippen LogP contribution in [0.4, 0.5) is 14.9 Å². The molecule has 1 N–H and O–H groups in total. The molecule has 0 bridgehead atoms. The van der Waals surface area contributed by atoms with Crippen LogP contribution in [-0.2, 0) is 16.1 Å². The van der Waals surface area contributed by atoms with E-state index in [-0.39, 0.29) is 11.4 Å². The number of fused-ring (bicyclic) bond motifs is 1. The zero-order valence-corrected chi connectivity index (χ0v) is 19.3. The summed E-state index contributed by atoms with van der Waals surface area (Å²) in [6, 6.07) is 19.8. The van der Waals surface area contributed by atoms with Crippen molar-refractivity contribution in [2.75, 3.05) is 4.90 Å². The van der Waals surface area contributed by atoms with Crippen LogP contribution in [0.1, 0.15) is 11.1 Å². The maximum Gasteiger partial charge on any atom is 0.335 e. The van der Waals surface area contributed by atoms with E-state index in [1.54, 1.807) is 36.4 Å². The van der Waals surface area contributed by atoms with Gasteiger partial charge >= 0.3 is 6.03 Å². The van der Waals surface area contributed by atoms with Gasteiger partial charge in [0.25, 0.3) is 11.8 Å². The van der Waals surface area contributed by atoms with Crippen molar-refractivity contribution in [1.29, 1.82) is 0 Å². The first-order valence-corrected chi connectivity index (χ1v) is 11.2. The Balaban J connectivity index is 1.46. The van der Waals surface area contributed by atoms with E-state index in [2.05, 4.69) is 21.2 Å². The monoisotopic (exact) mass is 517 g/mol. The van der Waals surface area contributed by atoms with Gasteiger partial charge in [-0.1, -0.05) is 40.2 Å². The SMILES string of the molecule is O=C1NC(=O)N(c2cccc(Br)c2)C(=O)/C1=C\c1ccc2c(ccn2Cc2cccc(F)c2)c1. The molecule has 1 aliphatic heterocycles. The molecule has 1 saturated heterocycles. The van der Waals surface area contributed by atoms with E-state index in [4.69, 9.17) is 0 Å². The van der Waals surface area contributed by atoms with Crippen LogP contribution in [0.2, 0.25) is 0 Å². The van der Waals surface area contributed by atoms with Crippen LogP contribution >= 0.6 is 15.9 Å². The minimum absolute atomic E-state index is 0.141. The minimum Gasteiger partial charge on any atom is -0.343 e. The van der Waals surface area contributed by atoms with Crippen molar-refractivity contribution in [3.63, 3.8) is 0 Å². The number of benzene rings is 3. The van der Waals surface area contributed by atoms with Crippen LogP contribution in [0.15, 0.2) is 89.0 Å². The molecular formula is C26H17BrFN3O3. The Kier molecular flexibility index (Phi) is 5.59. The van der Waals surface area contributed by atoms with Gasteiger partial charge in [-0.25, -0.2) is 14.1 Å². The summed E-state index contributed by atoms with van der Waals surface area (Å²) in [4.78, 5) is 38.9. The summed E-state index contributed by atoms with van der Waals surface area (Å²) in [6.45, 7) is 0.506. The molecule has 1 aliphatic rings. The number of hydrogen-bond acceptors (Lipinski definition) is 3. The van der Waals surface area contributed by atoms with Crippen LogP contribution in [0, 0.1) is 5.82 Å². The highest BCUT2D eigenvalue weighted by molar-refractivity contribution is 9.10. The fourth-order valence-corrected chi connectivity index (χ4v) is 4.34. The normalized spacial score (nSPS) is 15.3. The molecule has 0 saturated carbocycles. The number of hydrogen-bond donors (Lipinski definition) is 1. The second-order valence-electron chi connectivity index (χ2n) is 7.83. The number of amides is 4. The van der Waals surface area contributed by atoms with Crippen molar-refractivity contribution in [3.05, 3.63) is 106 Å². The Morgan fingerprint density at radius 3 is 2.56 bits per heavy atom. The molecule has 168 valence electrons. The van der Waals surface area contributed by atoms with Crippen molar-refractivity contribution in [3.8, 4) is 0 Å². The van der Waals surface area contributed by atoms with E-state index >= 15 is 0 Å². The second kappa shape index (κ2) is 8.72. The van der Waals surface area contributed by atoms with Crippen molar-refractivity contribution >= 4 is 56.4 Å². The molecule has 0 radical (unpaired) electrons. The Hall–Kier alpha value is -4.04. The summed E-state index contributed by atoms with van der Waals surface area (Å²) in [7, 11) is 0. The van der Waals surface area contributed by atoms with E-state index in [0.717, 1.165) is 21.4 Å². The second-order valence-corrected chi connectivity index (χ2v) is 8.75. The molecule has 1 fully saturated rings. The molecular weight excluding hydrogens is 501 g/mol. The van der Waals surface area contributed by atoms with Crippen molar-refractivity contribution in [2.45, 2.75) is 6.54 Å². The number of halogens is 2. The minimum atomic E-state index is -0.796. The average molecular weight is 518 g/mol. The summed E-state index contributed by atoms with van der Waals surface area (Å²) in [6.07, 6.45) is 3.37. The number of nitrogens with zero attached hydrogens (tertiary/aromatic N) is 2. The lowest BCUT2D eigenvalue weighted by atomic mass is 10.1. The van der Waals surface area contributed by atoms with Gasteiger partial charge in [0, 0.05) is 28.1 Å². The number of aromatic nitrogens is 1. The summed E-state index contributed by atoms with van der Waals surface area (Å²) < 4.78 is 16.2. The van der Waals surface area contributed by atoms with E-state index < -0.39 is 17.8 Å². The zero-order valence-electron chi connectivity index (χ0n) is 17.7. The quantitative estimate of drug-likeness (QED) is 0.296. The third-order valence-corrected chi connectivity index (χ3v) is 6.01. The third-order valence-electron chi connectivity index (χ3n) is 5.52. The molecule has 4 amide bonds. The molecule has 1 aromatic heterocycles. The summed E-state index contributed by atoms with van der Waals surface area (Å²) >= 11 is 3.33. The van der Waals surface area contributed by atoms with Gasteiger partial charge in [0.1, 0.15) is 11.4 Å². The highest BCUT2D eigenvalue weighted by atomic mass is 79.9. The maximum atomic E-state index is 13.5. The van der Waals surface area contributed by atoms with E-state index in [9.17, 15) is 18.8 Å². The largest absolute Gasteiger partial charge is 0.343 e. The van der Waals surface area contributed by atoms with Crippen LogP contribution in [0.25, 0.3) is 17.0 Å². The van der Waals surface area contributed by atoms with Crippen LogP contribution < -0.4 is 10.2 Å². The number of barbiturate groups is 1. The molecule has 8 heteroatoms. The molecule has 0 atom stereocenters. The predicted molar refractivity (Wildman–Crippen MR) is 131 cm³/mol. The van der Waals surface area contributed by atoms with Gasteiger partial charge in [-0.2, -0.15) is 0 Å². The van der Waals surface area contributed by atoms with Gasteiger partial charge in [0.2, 0.25) is 0 Å². The lowest BCUT2D eigenvalue weighted by Crippen LogP contribution is -2.54. The number of urea groups is 1. The summed E-state index contributed by atoms with van der Waals surface area (Å²) in [5.41, 5.74) is 2.61. The van der Waals surface area contributed by atoms with E-state index in [1.165, 1.54) is 18.2 Å². The first kappa shape index (κ1) is 21.8. The summed E-state index contributed by atoms with van der Waals surface area (Å²) in [5, 5.41) is 3.13.